The quantitative estimate of drug-likeness (QED) is 0.879. The summed E-state index contributed by atoms with van der Waals surface area (Å²) in [5, 5.41) is 12.0. The molecule has 1 amide bonds. The monoisotopic (exact) mass is 259 g/mol. The van der Waals surface area contributed by atoms with E-state index in [9.17, 15) is 10.1 Å². The van der Waals surface area contributed by atoms with Crippen LogP contribution < -0.4 is 10.2 Å². The van der Waals surface area contributed by atoms with Crippen LogP contribution in [0.3, 0.4) is 0 Å². The SMILES string of the molecule is COC(=O)NC1CCN(c2c(C)cccc2C#N)C1. The Bertz CT molecular complexity index is 522. The minimum Gasteiger partial charge on any atom is -0.453 e. The molecule has 1 unspecified atom stereocenters. The van der Waals surface area contributed by atoms with E-state index in [0.717, 1.165) is 24.2 Å². The lowest BCUT2D eigenvalue weighted by Gasteiger charge is -2.22. The molecule has 5 nitrogen and oxygen atoms in total. The Labute approximate surface area is 112 Å². The first kappa shape index (κ1) is 13.2. The first-order chi connectivity index (χ1) is 9.15. The van der Waals surface area contributed by atoms with Crippen molar-refractivity contribution in [1.29, 1.82) is 5.26 Å². The minimum absolute atomic E-state index is 0.0681. The Morgan fingerprint density at radius 3 is 3.05 bits per heavy atom. The van der Waals surface area contributed by atoms with Crippen LogP contribution in [0.4, 0.5) is 10.5 Å². The van der Waals surface area contributed by atoms with Gasteiger partial charge < -0.3 is 15.0 Å². The van der Waals surface area contributed by atoms with Crippen LogP contribution in [0.2, 0.25) is 0 Å². The minimum atomic E-state index is -0.405. The van der Waals surface area contributed by atoms with Gasteiger partial charge in [-0.3, -0.25) is 0 Å². The predicted molar refractivity (Wildman–Crippen MR) is 72.1 cm³/mol. The highest BCUT2D eigenvalue weighted by atomic mass is 16.5. The highest BCUT2D eigenvalue weighted by Gasteiger charge is 2.26. The maximum absolute atomic E-state index is 11.2. The van der Waals surface area contributed by atoms with Crippen LogP contribution >= 0.6 is 0 Å². The van der Waals surface area contributed by atoms with Gasteiger partial charge in [-0.2, -0.15) is 5.26 Å². The summed E-state index contributed by atoms with van der Waals surface area (Å²) in [7, 11) is 1.36. The molecule has 1 fully saturated rings. The van der Waals surface area contributed by atoms with E-state index in [0.29, 0.717) is 12.1 Å². The molecular weight excluding hydrogens is 242 g/mol. The molecule has 1 atom stereocenters. The van der Waals surface area contributed by atoms with Gasteiger partial charge in [0.25, 0.3) is 0 Å². The van der Waals surface area contributed by atoms with Gasteiger partial charge in [0.05, 0.1) is 24.4 Å². The molecule has 2 rings (SSSR count). The predicted octanol–water partition coefficient (Wildman–Crippen LogP) is 1.80. The summed E-state index contributed by atoms with van der Waals surface area (Å²) >= 11 is 0. The number of hydrogen-bond donors (Lipinski definition) is 1. The van der Waals surface area contributed by atoms with Gasteiger partial charge >= 0.3 is 6.09 Å². The average Bonchev–Trinajstić information content (AvgIpc) is 2.86. The third-order valence-corrected chi connectivity index (χ3v) is 3.37. The first-order valence-corrected chi connectivity index (χ1v) is 6.25. The number of para-hydroxylation sites is 1. The Morgan fingerprint density at radius 1 is 1.58 bits per heavy atom. The molecule has 19 heavy (non-hydrogen) atoms. The fraction of sp³-hybridized carbons (Fsp3) is 0.429. The van der Waals surface area contributed by atoms with Gasteiger partial charge in [-0.15, -0.1) is 0 Å². The lowest BCUT2D eigenvalue weighted by molar-refractivity contribution is 0.167. The van der Waals surface area contributed by atoms with Gasteiger partial charge in [-0.1, -0.05) is 12.1 Å². The van der Waals surface area contributed by atoms with Crippen LogP contribution in [0.15, 0.2) is 18.2 Å². The molecule has 1 aromatic rings. The van der Waals surface area contributed by atoms with Crippen molar-refractivity contribution in [2.45, 2.75) is 19.4 Å². The van der Waals surface area contributed by atoms with E-state index in [-0.39, 0.29) is 6.04 Å². The first-order valence-electron chi connectivity index (χ1n) is 6.25. The molecule has 1 heterocycles. The molecular formula is C14H17N3O2. The molecule has 1 aliphatic heterocycles. The number of carbonyl (C=O) groups excluding carboxylic acids is 1. The fourth-order valence-corrected chi connectivity index (χ4v) is 2.48. The van der Waals surface area contributed by atoms with E-state index in [4.69, 9.17) is 0 Å². The molecule has 0 bridgehead atoms. The molecule has 0 aromatic heterocycles. The Kier molecular flexibility index (Phi) is 3.91. The molecule has 0 aliphatic carbocycles. The smallest absolute Gasteiger partial charge is 0.407 e. The lowest BCUT2D eigenvalue weighted by Crippen LogP contribution is -2.37. The van der Waals surface area contributed by atoms with Crippen molar-refractivity contribution in [3.8, 4) is 6.07 Å². The molecule has 0 saturated carbocycles. The number of amides is 1. The number of anilines is 1. The highest BCUT2D eigenvalue weighted by Crippen LogP contribution is 2.28. The third-order valence-electron chi connectivity index (χ3n) is 3.37. The highest BCUT2D eigenvalue weighted by molar-refractivity contribution is 5.68. The topological polar surface area (TPSA) is 65.4 Å². The van der Waals surface area contributed by atoms with Crippen LogP contribution in [0.1, 0.15) is 17.5 Å². The van der Waals surface area contributed by atoms with Crippen molar-refractivity contribution >= 4 is 11.8 Å². The third kappa shape index (κ3) is 2.79. The molecule has 0 spiro atoms. The summed E-state index contributed by atoms with van der Waals surface area (Å²) in [5.74, 6) is 0. The summed E-state index contributed by atoms with van der Waals surface area (Å²) in [6, 6.07) is 8.00. The van der Waals surface area contributed by atoms with Crippen molar-refractivity contribution in [3.05, 3.63) is 29.3 Å². The van der Waals surface area contributed by atoms with Crippen molar-refractivity contribution in [2.75, 3.05) is 25.1 Å². The normalized spacial score (nSPS) is 17.9. The number of nitriles is 1. The zero-order valence-electron chi connectivity index (χ0n) is 11.1. The molecule has 5 heteroatoms. The Balaban J connectivity index is 2.13. The zero-order chi connectivity index (χ0) is 13.8. The average molecular weight is 259 g/mol. The van der Waals surface area contributed by atoms with Gasteiger partial charge in [0.2, 0.25) is 0 Å². The van der Waals surface area contributed by atoms with E-state index >= 15 is 0 Å². The lowest BCUT2D eigenvalue weighted by atomic mass is 10.1. The Morgan fingerprint density at radius 2 is 2.37 bits per heavy atom. The number of benzene rings is 1. The van der Waals surface area contributed by atoms with Crippen molar-refractivity contribution < 1.29 is 9.53 Å². The van der Waals surface area contributed by atoms with E-state index in [2.05, 4.69) is 21.0 Å². The standard InChI is InChI=1S/C14H17N3O2/c1-10-4-3-5-11(8-15)13(10)17-7-6-12(9-17)16-14(18)19-2/h3-5,12H,6-7,9H2,1-2H3,(H,16,18). The van der Waals surface area contributed by atoms with Crippen LogP contribution in [0.25, 0.3) is 0 Å². The van der Waals surface area contributed by atoms with Gasteiger partial charge in [0.15, 0.2) is 0 Å². The second-order valence-corrected chi connectivity index (χ2v) is 4.65. The number of ether oxygens (including phenoxy) is 1. The molecule has 1 aromatic carbocycles. The van der Waals surface area contributed by atoms with Crippen LogP contribution in [-0.4, -0.2) is 32.3 Å². The van der Waals surface area contributed by atoms with Gasteiger partial charge in [0.1, 0.15) is 6.07 Å². The number of aryl methyl sites for hydroxylation is 1. The van der Waals surface area contributed by atoms with Crippen LogP contribution in [0, 0.1) is 18.3 Å². The van der Waals surface area contributed by atoms with Crippen molar-refractivity contribution in [2.24, 2.45) is 0 Å². The molecule has 1 saturated heterocycles. The number of nitrogens with zero attached hydrogens (tertiary/aromatic N) is 2. The summed E-state index contributed by atoms with van der Waals surface area (Å²) in [6.45, 7) is 3.53. The van der Waals surface area contributed by atoms with Gasteiger partial charge in [-0.05, 0) is 25.0 Å². The van der Waals surface area contributed by atoms with E-state index in [1.54, 1.807) is 0 Å². The molecule has 0 radical (unpaired) electrons. The number of methoxy groups -OCH3 is 1. The summed E-state index contributed by atoms with van der Waals surface area (Å²) < 4.78 is 4.60. The van der Waals surface area contributed by atoms with Crippen molar-refractivity contribution in [3.63, 3.8) is 0 Å². The van der Waals surface area contributed by atoms with Crippen molar-refractivity contribution in [1.82, 2.24) is 5.32 Å². The number of alkyl carbamates (subject to hydrolysis) is 1. The van der Waals surface area contributed by atoms with Gasteiger partial charge in [0, 0.05) is 13.1 Å². The summed E-state index contributed by atoms with van der Waals surface area (Å²) in [6.07, 6.45) is 0.450. The molecule has 1 aliphatic rings. The van der Waals surface area contributed by atoms with Crippen LogP contribution in [-0.2, 0) is 4.74 Å². The second kappa shape index (κ2) is 5.61. The zero-order valence-corrected chi connectivity index (χ0v) is 11.1. The second-order valence-electron chi connectivity index (χ2n) is 4.65. The molecule has 100 valence electrons. The van der Waals surface area contributed by atoms with E-state index < -0.39 is 6.09 Å². The summed E-state index contributed by atoms with van der Waals surface area (Å²) in [5.41, 5.74) is 2.73. The Hall–Kier alpha value is -2.22. The maximum atomic E-state index is 11.2. The van der Waals surface area contributed by atoms with E-state index in [1.807, 2.05) is 25.1 Å². The summed E-state index contributed by atoms with van der Waals surface area (Å²) in [4.78, 5) is 13.3. The number of carbonyl (C=O) groups is 1. The van der Waals surface area contributed by atoms with Crippen LogP contribution in [0.5, 0.6) is 0 Å². The maximum Gasteiger partial charge on any atom is 0.407 e. The number of hydrogen-bond acceptors (Lipinski definition) is 4. The van der Waals surface area contributed by atoms with Gasteiger partial charge in [-0.25, -0.2) is 4.79 Å². The molecule has 1 N–H and O–H groups in total. The largest absolute Gasteiger partial charge is 0.453 e. The fourth-order valence-electron chi connectivity index (χ4n) is 2.48. The van der Waals surface area contributed by atoms with E-state index in [1.165, 1.54) is 7.11 Å². The number of nitrogens with one attached hydrogen (secondary N) is 1. The number of rotatable bonds is 2.